The number of fused-ring (bicyclic) bond motifs is 1. The summed E-state index contributed by atoms with van der Waals surface area (Å²) in [6.07, 6.45) is 2.82. The second-order valence-electron chi connectivity index (χ2n) is 5.99. The third-order valence-electron chi connectivity index (χ3n) is 4.49. The molecule has 0 spiro atoms. The molecule has 1 aromatic heterocycles. The van der Waals surface area contributed by atoms with Crippen molar-refractivity contribution in [3.05, 3.63) is 52.3 Å². The minimum Gasteiger partial charge on any atom is -0.483 e. The standard InChI is InChI=1S/C18H22N2O2/c1-12-4-5-13(2)18(14(12)3)22-11-17(21)20-9-7-16-15(10-20)6-8-19-16/h4-6,8,19H,7,9-11H2,1-3H3. The molecule has 1 amide bonds. The number of nitrogens with one attached hydrogen (secondary N) is 1. The van der Waals surface area contributed by atoms with Crippen LogP contribution in [-0.4, -0.2) is 28.9 Å². The Morgan fingerprint density at radius 3 is 2.82 bits per heavy atom. The van der Waals surface area contributed by atoms with Crippen molar-refractivity contribution in [1.82, 2.24) is 9.88 Å². The van der Waals surface area contributed by atoms with Gasteiger partial charge in [0.1, 0.15) is 5.75 Å². The number of benzene rings is 1. The number of hydrogen-bond donors (Lipinski definition) is 1. The molecule has 22 heavy (non-hydrogen) atoms. The van der Waals surface area contributed by atoms with Crippen LogP contribution in [0.15, 0.2) is 24.4 Å². The first-order chi connectivity index (χ1) is 10.6. The maximum atomic E-state index is 12.4. The number of ether oxygens (including phenoxy) is 1. The molecule has 0 bridgehead atoms. The zero-order valence-electron chi connectivity index (χ0n) is 13.4. The minimum absolute atomic E-state index is 0.0483. The summed E-state index contributed by atoms with van der Waals surface area (Å²) >= 11 is 0. The fraction of sp³-hybridized carbons (Fsp3) is 0.389. The number of amides is 1. The Kier molecular flexibility index (Phi) is 3.92. The lowest BCUT2D eigenvalue weighted by molar-refractivity contribution is -0.134. The lowest BCUT2D eigenvalue weighted by atomic mass is 10.1. The van der Waals surface area contributed by atoms with E-state index in [2.05, 4.69) is 18.0 Å². The van der Waals surface area contributed by atoms with Gasteiger partial charge in [0.05, 0.1) is 0 Å². The summed E-state index contributed by atoms with van der Waals surface area (Å²) in [4.78, 5) is 17.5. The zero-order chi connectivity index (χ0) is 15.7. The molecular formula is C18H22N2O2. The fourth-order valence-electron chi connectivity index (χ4n) is 2.93. The Morgan fingerprint density at radius 1 is 1.23 bits per heavy atom. The van der Waals surface area contributed by atoms with Crippen LogP contribution in [0.2, 0.25) is 0 Å². The van der Waals surface area contributed by atoms with Crippen molar-refractivity contribution in [2.24, 2.45) is 0 Å². The van der Waals surface area contributed by atoms with E-state index < -0.39 is 0 Å². The van der Waals surface area contributed by atoms with Gasteiger partial charge in [0.15, 0.2) is 6.61 Å². The van der Waals surface area contributed by atoms with Crippen LogP contribution >= 0.6 is 0 Å². The summed E-state index contributed by atoms with van der Waals surface area (Å²) in [7, 11) is 0. The summed E-state index contributed by atoms with van der Waals surface area (Å²) in [5.74, 6) is 0.889. The number of carbonyl (C=O) groups is 1. The minimum atomic E-state index is 0.0483. The van der Waals surface area contributed by atoms with Crippen LogP contribution in [0.1, 0.15) is 27.9 Å². The SMILES string of the molecule is Cc1ccc(C)c(OCC(=O)N2CCc3[nH]ccc3C2)c1C. The summed E-state index contributed by atoms with van der Waals surface area (Å²) in [5.41, 5.74) is 5.82. The number of aromatic amines is 1. The van der Waals surface area contributed by atoms with Gasteiger partial charge in [0.25, 0.3) is 5.91 Å². The smallest absolute Gasteiger partial charge is 0.260 e. The lowest BCUT2D eigenvalue weighted by Gasteiger charge is -2.27. The number of aryl methyl sites for hydroxylation is 2. The number of aromatic nitrogens is 1. The van der Waals surface area contributed by atoms with Crippen LogP contribution in [0.5, 0.6) is 5.75 Å². The van der Waals surface area contributed by atoms with E-state index in [1.54, 1.807) is 0 Å². The Bertz CT molecular complexity index is 703. The molecule has 0 aliphatic carbocycles. The highest BCUT2D eigenvalue weighted by molar-refractivity contribution is 5.78. The molecule has 116 valence electrons. The van der Waals surface area contributed by atoms with Crippen LogP contribution < -0.4 is 4.74 Å². The van der Waals surface area contributed by atoms with E-state index in [0.717, 1.165) is 29.8 Å². The predicted octanol–water partition coefficient (Wildman–Crippen LogP) is 2.90. The normalized spacial score (nSPS) is 13.9. The Morgan fingerprint density at radius 2 is 2.00 bits per heavy atom. The molecule has 0 saturated heterocycles. The van der Waals surface area contributed by atoms with Gasteiger partial charge >= 0.3 is 0 Å². The van der Waals surface area contributed by atoms with Gasteiger partial charge in [-0.05, 0) is 49.1 Å². The van der Waals surface area contributed by atoms with E-state index >= 15 is 0 Å². The topological polar surface area (TPSA) is 45.3 Å². The second-order valence-corrected chi connectivity index (χ2v) is 5.99. The molecule has 1 aliphatic heterocycles. The van der Waals surface area contributed by atoms with Crippen molar-refractivity contribution in [2.75, 3.05) is 13.2 Å². The van der Waals surface area contributed by atoms with Gasteiger partial charge in [0, 0.05) is 31.4 Å². The summed E-state index contributed by atoms with van der Waals surface area (Å²) < 4.78 is 5.83. The molecule has 0 saturated carbocycles. The molecule has 4 nitrogen and oxygen atoms in total. The quantitative estimate of drug-likeness (QED) is 0.947. The first kappa shape index (κ1) is 14.7. The van der Waals surface area contributed by atoms with E-state index in [9.17, 15) is 4.79 Å². The maximum Gasteiger partial charge on any atom is 0.260 e. The molecule has 2 aromatic rings. The average molecular weight is 298 g/mol. The van der Waals surface area contributed by atoms with Crippen LogP contribution in [-0.2, 0) is 17.8 Å². The molecule has 4 heteroatoms. The van der Waals surface area contributed by atoms with Crippen molar-refractivity contribution in [3.8, 4) is 5.75 Å². The summed E-state index contributed by atoms with van der Waals surface area (Å²) in [6.45, 7) is 7.63. The lowest BCUT2D eigenvalue weighted by Crippen LogP contribution is -2.38. The fourth-order valence-corrected chi connectivity index (χ4v) is 2.93. The summed E-state index contributed by atoms with van der Waals surface area (Å²) in [6, 6.07) is 6.16. The molecule has 0 fully saturated rings. The van der Waals surface area contributed by atoms with Gasteiger partial charge in [-0.2, -0.15) is 0 Å². The summed E-state index contributed by atoms with van der Waals surface area (Å²) in [5, 5.41) is 0. The number of hydrogen-bond acceptors (Lipinski definition) is 2. The van der Waals surface area contributed by atoms with Gasteiger partial charge in [-0.3, -0.25) is 4.79 Å². The Balaban J connectivity index is 1.65. The number of H-pyrrole nitrogens is 1. The zero-order valence-corrected chi connectivity index (χ0v) is 13.4. The third-order valence-corrected chi connectivity index (χ3v) is 4.49. The van der Waals surface area contributed by atoms with Crippen LogP contribution in [0.3, 0.4) is 0 Å². The third kappa shape index (κ3) is 2.73. The van der Waals surface area contributed by atoms with E-state index in [0.29, 0.717) is 6.54 Å². The number of nitrogens with zero attached hydrogens (tertiary/aromatic N) is 1. The van der Waals surface area contributed by atoms with E-state index in [-0.39, 0.29) is 12.5 Å². The Hall–Kier alpha value is -2.23. The second kappa shape index (κ2) is 5.87. The van der Waals surface area contributed by atoms with Gasteiger partial charge in [-0.1, -0.05) is 12.1 Å². The van der Waals surface area contributed by atoms with E-state index in [1.165, 1.54) is 16.8 Å². The molecule has 1 aliphatic rings. The molecular weight excluding hydrogens is 276 g/mol. The van der Waals surface area contributed by atoms with Crippen molar-refractivity contribution >= 4 is 5.91 Å². The number of carbonyl (C=O) groups excluding carboxylic acids is 1. The van der Waals surface area contributed by atoms with E-state index in [1.807, 2.05) is 37.1 Å². The first-order valence-corrected chi connectivity index (χ1v) is 7.69. The van der Waals surface area contributed by atoms with Crippen molar-refractivity contribution in [3.63, 3.8) is 0 Å². The predicted molar refractivity (Wildman–Crippen MR) is 86.1 cm³/mol. The molecule has 1 N–H and O–H groups in total. The molecule has 0 unspecified atom stereocenters. The number of rotatable bonds is 3. The van der Waals surface area contributed by atoms with Crippen LogP contribution in [0.4, 0.5) is 0 Å². The maximum absolute atomic E-state index is 12.4. The highest BCUT2D eigenvalue weighted by Gasteiger charge is 2.22. The molecule has 0 radical (unpaired) electrons. The van der Waals surface area contributed by atoms with Crippen LogP contribution in [0.25, 0.3) is 0 Å². The van der Waals surface area contributed by atoms with Gasteiger partial charge in [-0.25, -0.2) is 0 Å². The first-order valence-electron chi connectivity index (χ1n) is 7.69. The molecule has 1 aromatic carbocycles. The highest BCUT2D eigenvalue weighted by Crippen LogP contribution is 2.26. The van der Waals surface area contributed by atoms with Gasteiger partial charge in [0.2, 0.25) is 0 Å². The monoisotopic (exact) mass is 298 g/mol. The average Bonchev–Trinajstić information content (AvgIpc) is 2.98. The van der Waals surface area contributed by atoms with Crippen molar-refractivity contribution in [1.29, 1.82) is 0 Å². The molecule has 2 heterocycles. The van der Waals surface area contributed by atoms with Gasteiger partial charge in [-0.15, -0.1) is 0 Å². The van der Waals surface area contributed by atoms with Gasteiger partial charge < -0.3 is 14.6 Å². The van der Waals surface area contributed by atoms with Crippen LogP contribution in [0, 0.1) is 20.8 Å². The molecule has 0 atom stereocenters. The largest absolute Gasteiger partial charge is 0.483 e. The van der Waals surface area contributed by atoms with E-state index in [4.69, 9.17) is 4.74 Å². The van der Waals surface area contributed by atoms with Crippen molar-refractivity contribution in [2.45, 2.75) is 33.7 Å². The Labute approximate surface area is 131 Å². The molecule has 3 rings (SSSR count). The highest BCUT2D eigenvalue weighted by atomic mass is 16.5. The van der Waals surface area contributed by atoms with Crippen molar-refractivity contribution < 1.29 is 9.53 Å².